The summed E-state index contributed by atoms with van der Waals surface area (Å²) in [5.41, 5.74) is 1.55. The molecule has 0 saturated carbocycles. The van der Waals surface area contributed by atoms with E-state index in [0.717, 1.165) is 48.9 Å². The van der Waals surface area contributed by atoms with Crippen LogP contribution in [0.4, 0.5) is 10.1 Å². The number of benzene rings is 1. The zero-order valence-corrected chi connectivity index (χ0v) is 15.6. The summed E-state index contributed by atoms with van der Waals surface area (Å²) in [6.45, 7) is 5.34. The van der Waals surface area contributed by atoms with Gasteiger partial charge < -0.3 is 9.64 Å². The Hall–Kier alpha value is -1.83. The molecule has 26 heavy (non-hydrogen) atoms. The second kappa shape index (κ2) is 7.06. The van der Waals surface area contributed by atoms with Crippen LogP contribution in [0.2, 0.25) is 0 Å². The van der Waals surface area contributed by atoms with Crippen LogP contribution in [0.15, 0.2) is 29.6 Å². The molecule has 3 heterocycles. The monoisotopic (exact) mass is 375 g/mol. The van der Waals surface area contributed by atoms with Crippen molar-refractivity contribution in [1.82, 2.24) is 9.88 Å². The van der Waals surface area contributed by atoms with Gasteiger partial charge >= 0.3 is 0 Å². The minimum Gasteiger partial charge on any atom is -0.363 e. The van der Waals surface area contributed by atoms with Crippen LogP contribution in [0.1, 0.15) is 23.5 Å². The maximum absolute atomic E-state index is 13.2. The predicted molar refractivity (Wildman–Crippen MR) is 98.8 cm³/mol. The number of halogens is 1. The molecule has 2 aliphatic rings. The molecule has 0 N–H and O–H groups in total. The van der Waals surface area contributed by atoms with E-state index in [4.69, 9.17) is 4.74 Å². The lowest BCUT2D eigenvalue weighted by molar-refractivity contribution is -0.145. The fraction of sp³-hybridized carbons (Fsp3) is 0.474. The molecule has 0 unspecified atom stereocenters. The van der Waals surface area contributed by atoms with E-state index >= 15 is 0 Å². The van der Waals surface area contributed by atoms with E-state index in [9.17, 15) is 9.18 Å². The minimum atomic E-state index is -0.309. The molecule has 5 nitrogen and oxygen atoms in total. The fourth-order valence-corrected chi connectivity index (χ4v) is 4.31. The topological polar surface area (TPSA) is 45.7 Å². The summed E-state index contributed by atoms with van der Waals surface area (Å²) in [6, 6.07) is 6.10. The third kappa shape index (κ3) is 3.65. The van der Waals surface area contributed by atoms with Gasteiger partial charge in [0.05, 0.1) is 22.8 Å². The zero-order valence-electron chi connectivity index (χ0n) is 14.8. The Morgan fingerprint density at radius 3 is 2.65 bits per heavy atom. The van der Waals surface area contributed by atoms with Gasteiger partial charge in [0.2, 0.25) is 0 Å². The molecule has 2 aliphatic heterocycles. The molecular formula is C19H22FN3O2S. The highest BCUT2D eigenvalue weighted by atomic mass is 32.1. The van der Waals surface area contributed by atoms with Crippen LogP contribution >= 0.6 is 11.3 Å². The molecule has 0 bridgehead atoms. The lowest BCUT2D eigenvalue weighted by Gasteiger charge is -2.47. The number of piperidine rings is 1. The number of amides is 1. The average molecular weight is 375 g/mol. The quantitative estimate of drug-likeness (QED) is 0.827. The first-order valence-electron chi connectivity index (χ1n) is 8.86. The number of rotatable bonds is 3. The van der Waals surface area contributed by atoms with Gasteiger partial charge in [-0.25, -0.2) is 9.37 Å². The Balaban J connectivity index is 1.41. The van der Waals surface area contributed by atoms with Gasteiger partial charge in [-0.1, -0.05) is 0 Å². The molecule has 7 heteroatoms. The lowest BCUT2D eigenvalue weighted by atomic mass is 9.89. The van der Waals surface area contributed by atoms with Gasteiger partial charge in [0.25, 0.3) is 5.91 Å². The van der Waals surface area contributed by atoms with Crippen LogP contribution in [-0.4, -0.2) is 47.6 Å². The van der Waals surface area contributed by atoms with E-state index in [2.05, 4.69) is 15.3 Å². The SMILES string of the molecule is Cc1nc(CN2CCC3(CC2)CN(c2ccc(F)cc2)C(=O)CO3)cs1. The Kier molecular flexibility index (Phi) is 4.77. The number of nitrogens with zero attached hydrogens (tertiary/aromatic N) is 3. The summed E-state index contributed by atoms with van der Waals surface area (Å²) in [5.74, 6) is -0.364. The van der Waals surface area contributed by atoms with E-state index < -0.39 is 0 Å². The maximum Gasteiger partial charge on any atom is 0.253 e. The molecular weight excluding hydrogens is 353 g/mol. The number of thiazole rings is 1. The van der Waals surface area contributed by atoms with E-state index in [-0.39, 0.29) is 23.9 Å². The van der Waals surface area contributed by atoms with Crippen LogP contribution < -0.4 is 4.90 Å². The summed E-state index contributed by atoms with van der Waals surface area (Å²) < 4.78 is 19.2. The first-order valence-corrected chi connectivity index (χ1v) is 9.74. The summed E-state index contributed by atoms with van der Waals surface area (Å²) in [6.07, 6.45) is 1.75. The first-order chi connectivity index (χ1) is 12.5. The molecule has 1 aromatic heterocycles. The number of carbonyl (C=O) groups is 1. The molecule has 1 spiro atoms. The summed E-state index contributed by atoms with van der Waals surface area (Å²) in [7, 11) is 0. The molecule has 1 aromatic carbocycles. The van der Waals surface area contributed by atoms with Crippen LogP contribution in [-0.2, 0) is 16.1 Å². The Morgan fingerprint density at radius 2 is 2.00 bits per heavy atom. The Bertz CT molecular complexity index is 784. The van der Waals surface area contributed by atoms with E-state index in [1.54, 1.807) is 28.4 Å². The average Bonchev–Trinajstić information content (AvgIpc) is 3.05. The van der Waals surface area contributed by atoms with Gasteiger partial charge in [0.1, 0.15) is 12.4 Å². The molecule has 0 atom stereocenters. The second-order valence-electron chi connectivity index (χ2n) is 7.06. The summed E-state index contributed by atoms with van der Waals surface area (Å²) in [4.78, 5) is 21.0. The number of aryl methyl sites for hydroxylation is 1. The smallest absolute Gasteiger partial charge is 0.253 e. The summed E-state index contributed by atoms with van der Waals surface area (Å²) in [5, 5.41) is 3.21. The van der Waals surface area contributed by atoms with Crippen LogP contribution in [0.25, 0.3) is 0 Å². The third-order valence-corrected chi connectivity index (χ3v) is 6.03. The highest BCUT2D eigenvalue weighted by Gasteiger charge is 2.42. The van der Waals surface area contributed by atoms with Crippen molar-refractivity contribution < 1.29 is 13.9 Å². The van der Waals surface area contributed by atoms with Crippen molar-refractivity contribution in [3.63, 3.8) is 0 Å². The highest BCUT2D eigenvalue weighted by molar-refractivity contribution is 7.09. The zero-order chi connectivity index (χ0) is 18.1. The van der Waals surface area contributed by atoms with Crippen molar-refractivity contribution in [1.29, 1.82) is 0 Å². The van der Waals surface area contributed by atoms with Gasteiger partial charge in [-0.2, -0.15) is 0 Å². The molecule has 2 saturated heterocycles. The van der Waals surface area contributed by atoms with E-state index in [1.807, 2.05) is 6.92 Å². The molecule has 2 fully saturated rings. The van der Waals surface area contributed by atoms with Crippen LogP contribution in [0, 0.1) is 12.7 Å². The first kappa shape index (κ1) is 17.6. The van der Waals surface area contributed by atoms with Gasteiger partial charge in [-0.15, -0.1) is 11.3 Å². The standard InChI is InChI=1S/C19H22FN3O2S/c1-14-21-16(12-26-14)10-22-8-6-19(7-9-22)13-23(18(24)11-25-19)17-4-2-15(20)3-5-17/h2-5,12H,6-11,13H2,1H3. The van der Waals surface area contributed by atoms with Crippen molar-refractivity contribution in [3.8, 4) is 0 Å². The van der Waals surface area contributed by atoms with Crippen LogP contribution in [0.5, 0.6) is 0 Å². The highest BCUT2D eigenvalue weighted by Crippen LogP contribution is 2.33. The molecule has 2 aromatic rings. The number of carbonyl (C=O) groups excluding carboxylic acids is 1. The molecule has 4 rings (SSSR count). The Morgan fingerprint density at radius 1 is 1.27 bits per heavy atom. The molecule has 0 radical (unpaired) electrons. The summed E-state index contributed by atoms with van der Waals surface area (Å²) >= 11 is 1.68. The molecule has 1 amide bonds. The van der Waals surface area contributed by atoms with Crippen molar-refractivity contribution in [2.45, 2.75) is 31.9 Å². The van der Waals surface area contributed by atoms with Gasteiger partial charge in [0, 0.05) is 30.7 Å². The van der Waals surface area contributed by atoms with Crippen molar-refractivity contribution >= 4 is 22.9 Å². The van der Waals surface area contributed by atoms with Crippen molar-refractivity contribution in [3.05, 3.63) is 46.2 Å². The van der Waals surface area contributed by atoms with Gasteiger partial charge in [0.15, 0.2) is 0 Å². The number of hydrogen-bond donors (Lipinski definition) is 0. The number of hydrogen-bond acceptors (Lipinski definition) is 5. The van der Waals surface area contributed by atoms with E-state index in [0.29, 0.717) is 6.54 Å². The largest absolute Gasteiger partial charge is 0.363 e. The van der Waals surface area contributed by atoms with Gasteiger partial charge in [-0.3, -0.25) is 9.69 Å². The van der Waals surface area contributed by atoms with Crippen molar-refractivity contribution in [2.24, 2.45) is 0 Å². The van der Waals surface area contributed by atoms with Gasteiger partial charge in [-0.05, 0) is 44.0 Å². The lowest BCUT2D eigenvalue weighted by Crippen LogP contribution is -2.58. The number of aromatic nitrogens is 1. The number of likely N-dealkylation sites (tertiary alicyclic amines) is 1. The maximum atomic E-state index is 13.2. The molecule has 138 valence electrons. The Labute approximate surface area is 156 Å². The van der Waals surface area contributed by atoms with E-state index in [1.165, 1.54) is 12.1 Å². The minimum absolute atomic E-state index is 0.0670. The number of ether oxygens (including phenoxy) is 1. The second-order valence-corrected chi connectivity index (χ2v) is 8.12. The number of anilines is 1. The van der Waals surface area contributed by atoms with Crippen LogP contribution in [0.3, 0.4) is 0 Å². The predicted octanol–water partition coefficient (Wildman–Crippen LogP) is 2.99. The molecule has 0 aliphatic carbocycles. The third-order valence-electron chi connectivity index (χ3n) is 5.21. The fourth-order valence-electron chi connectivity index (χ4n) is 3.70. The van der Waals surface area contributed by atoms with Crippen molar-refractivity contribution in [2.75, 3.05) is 31.1 Å². The normalized spacial score (nSPS) is 20.7. The number of morpholine rings is 1.